The monoisotopic (exact) mass is 496 g/mol. The lowest BCUT2D eigenvalue weighted by Crippen LogP contribution is -2.43. The molecule has 0 fully saturated rings. The Morgan fingerprint density at radius 2 is 1.97 bits per heavy atom. The van der Waals surface area contributed by atoms with Gasteiger partial charge >= 0.3 is 5.97 Å². The standard InChI is InChI=1S/C20H18BrFN2O5S/c1-30(27,28)9-8-18(24-19(25)15-4-2-3-5-16(15)21)20(26)29-12-14-10-13(11-23)6-7-17(14)22/h2-7,10,18H,8-9,12H2,1H3,(H,24,25). The van der Waals surface area contributed by atoms with E-state index in [0.717, 1.165) is 12.3 Å². The second-order valence-electron chi connectivity index (χ2n) is 6.45. The molecular formula is C20H18BrFN2O5S. The molecule has 1 unspecified atom stereocenters. The third-order valence-corrected chi connectivity index (χ3v) is 5.70. The minimum Gasteiger partial charge on any atom is -0.459 e. The van der Waals surface area contributed by atoms with Crippen LogP contribution in [-0.4, -0.2) is 38.3 Å². The zero-order valence-corrected chi connectivity index (χ0v) is 18.3. The number of sulfone groups is 1. The summed E-state index contributed by atoms with van der Waals surface area (Å²) in [6, 6.07) is 10.7. The van der Waals surface area contributed by atoms with Crippen LogP contribution in [0.4, 0.5) is 4.39 Å². The van der Waals surface area contributed by atoms with E-state index in [9.17, 15) is 22.4 Å². The Bertz CT molecular complexity index is 1100. The van der Waals surface area contributed by atoms with Gasteiger partial charge in [-0.1, -0.05) is 12.1 Å². The number of rotatable bonds is 8. The van der Waals surface area contributed by atoms with E-state index < -0.39 is 40.2 Å². The van der Waals surface area contributed by atoms with Gasteiger partial charge in [0, 0.05) is 16.3 Å². The number of nitriles is 1. The van der Waals surface area contributed by atoms with Gasteiger partial charge in [0.2, 0.25) is 0 Å². The van der Waals surface area contributed by atoms with Crippen molar-refractivity contribution in [3.63, 3.8) is 0 Å². The van der Waals surface area contributed by atoms with Crippen molar-refractivity contribution in [3.05, 3.63) is 69.4 Å². The number of carbonyl (C=O) groups is 2. The number of hydrogen-bond acceptors (Lipinski definition) is 6. The van der Waals surface area contributed by atoms with Gasteiger partial charge in [0.25, 0.3) is 5.91 Å². The molecule has 0 aromatic heterocycles. The number of esters is 1. The van der Waals surface area contributed by atoms with Crippen molar-refractivity contribution in [2.24, 2.45) is 0 Å². The zero-order valence-electron chi connectivity index (χ0n) is 15.9. The molecule has 1 atom stereocenters. The van der Waals surface area contributed by atoms with Gasteiger partial charge < -0.3 is 10.1 Å². The number of ether oxygens (including phenoxy) is 1. The Morgan fingerprint density at radius 3 is 2.60 bits per heavy atom. The number of carbonyl (C=O) groups excluding carboxylic acids is 2. The summed E-state index contributed by atoms with van der Waals surface area (Å²) in [4.78, 5) is 25.0. The molecule has 2 rings (SSSR count). The van der Waals surface area contributed by atoms with Gasteiger partial charge in [-0.25, -0.2) is 17.6 Å². The lowest BCUT2D eigenvalue weighted by Gasteiger charge is -2.18. The van der Waals surface area contributed by atoms with Crippen molar-refractivity contribution in [1.82, 2.24) is 5.32 Å². The summed E-state index contributed by atoms with van der Waals surface area (Å²) >= 11 is 3.24. The van der Waals surface area contributed by atoms with Crippen LogP contribution in [0.15, 0.2) is 46.9 Å². The molecular weight excluding hydrogens is 479 g/mol. The summed E-state index contributed by atoms with van der Waals surface area (Å²) in [6.45, 7) is -0.472. The number of amides is 1. The van der Waals surface area contributed by atoms with E-state index in [2.05, 4.69) is 21.2 Å². The van der Waals surface area contributed by atoms with Gasteiger partial charge in [0.15, 0.2) is 0 Å². The van der Waals surface area contributed by atoms with Gasteiger partial charge in [-0.05, 0) is 52.7 Å². The van der Waals surface area contributed by atoms with E-state index in [1.807, 2.05) is 6.07 Å². The highest BCUT2D eigenvalue weighted by atomic mass is 79.9. The van der Waals surface area contributed by atoms with Crippen LogP contribution in [0, 0.1) is 17.1 Å². The van der Waals surface area contributed by atoms with Crippen molar-refractivity contribution >= 4 is 37.6 Å². The number of halogens is 2. The molecule has 0 aliphatic heterocycles. The molecule has 10 heteroatoms. The first kappa shape index (κ1) is 23.5. The highest BCUT2D eigenvalue weighted by Crippen LogP contribution is 2.17. The summed E-state index contributed by atoms with van der Waals surface area (Å²) in [5.41, 5.74) is 0.433. The van der Waals surface area contributed by atoms with Crippen LogP contribution in [0.5, 0.6) is 0 Å². The van der Waals surface area contributed by atoms with E-state index >= 15 is 0 Å². The molecule has 158 valence electrons. The van der Waals surface area contributed by atoms with Crippen LogP contribution >= 0.6 is 15.9 Å². The van der Waals surface area contributed by atoms with Crippen LogP contribution in [0.1, 0.15) is 27.9 Å². The van der Waals surface area contributed by atoms with Crippen LogP contribution in [-0.2, 0) is 26.0 Å². The summed E-state index contributed by atoms with van der Waals surface area (Å²) in [6.07, 6.45) is 0.794. The molecule has 1 amide bonds. The zero-order chi connectivity index (χ0) is 22.3. The minimum absolute atomic E-state index is 0.0126. The normalized spacial score (nSPS) is 11.9. The van der Waals surface area contributed by atoms with E-state index in [1.54, 1.807) is 18.2 Å². The molecule has 30 heavy (non-hydrogen) atoms. The number of nitrogens with one attached hydrogen (secondary N) is 1. The fourth-order valence-corrected chi connectivity index (χ4v) is 3.60. The molecule has 0 radical (unpaired) electrons. The molecule has 0 spiro atoms. The van der Waals surface area contributed by atoms with E-state index in [0.29, 0.717) is 4.47 Å². The van der Waals surface area contributed by atoms with Crippen molar-refractivity contribution in [1.29, 1.82) is 5.26 Å². The summed E-state index contributed by atoms with van der Waals surface area (Å²) in [7, 11) is -3.41. The van der Waals surface area contributed by atoms with Gasteiger partial charge in [-0.2, -0.15) is 5.26 Å². The Balaban J connectivity index is 2.15. The molecule has 2 aromatic carbocycles. The molecule has 0 saturated carbocycles. The molecule has 0 bridgehead atoms. The third-order valence-electron chi connectivity index (χ3n) is 4.03. The molecule has 2 aromatic rings. The van der Waals surface area contributed by atoms with Crippen LogP contribution in [0.3, 0.4) is 0 Å². The van der Waals surface area contributed by atoms with Crippen LogP contribution < -0.4 is 5.32 Å². The Kier molecular flexibility index (Phi) is 8.08. The largest absolute Gasteiger partial charge is 0.459 e. The summed E-state index contributed by atoms with van der Waals surface area (Å²) in [5, 5.41) is 11.4. The third kappa shape index (κ3) is 6.93. The molecule has 0 aliphatic rings. The first-order valence-electron chi connectivity index (χ1n) is 8.69. The van der Waals surface area contributed by atoms with Crippen LogP contribution in [0.2, 0.25) is 0 Å². The van der Waals surface area contributed by atoms with Crippen molar-refractivity contribution in [2.75, 3.05) is 12.0 Å². The highest BCUT2D eigenvalue weighted by molar-refractivity contribution is 9.10. The quantitative estimate of drug-likeness (QED) is 0.562. The first-order valence-corrected chi connectivity index (χ1v) is 11.5. The minimum atomic E-state index is -3.41. The summed E-state index contributed by atoms with van der Waals surface area (Å²) in [5.74, 6) is -2.54. The van der Waals surface area contributed by atoms with E-state index in [4.69, 9.17) is 10.00 Å². The van der Waals surface area contributed by atoms with Crippen LogP contribution in [0.25, 0.3) is 0 Å². The maximum Gasteiger partial charge on any atom is 0.329 e. The Hall–Kier alpha value is -2.77. The average Bonchev–Trinajstić information content (AvgIpc) is 2.69. The van der Waals surface area contributed by atoms with Crippen molar-refractivity contribution in [3.8, 4) is 6.07 Å². The molecule has 7 nitrogen and oxygen atoms in total. The fourth-order valence-electron chi connectivity index (χ4n) is 2.47. The number of nitrogens with zero attached hydrogens (tertiary/aromatic N) is 1. The van der Waals surface area contributed by atoms with Crippen molar-refractivity contribution in [2.45, 2.75) is 19.1 Å². The molecule has 0 saturated heterocycles. The van der Waals surface area contributed by atoms with E-state index in [-0.39, 0.29) is 28.9 Å². The SMILES string of the molecule is CS(=O)(=O)CCC(NC(=O)c1ccccc1Br)C(=O)OCc1cc(C#N)ccc1F. The molecule has 1 N–H and O–H groups in total. The van der Waals surface area contributed by atoms with Gasteiger partial charge in [0.1, 0.15) is 28.3 Å². The average molecular weight is 497 g/mol. The highest BCUT2D eigenvalue weighted by Gasteiger charge is 2.25. The van der Waals surface area contributed by atoms with Gasteiger partial charge in [-0.15, -0.1) is 0 Å². The van der Waals surface area contributed by atoms with Gasteiger partial charge in [-0.3, -0.25) is 4.79 Å². The van der Waals surface area contributed by atoms with E-state index in [1.165, 1.54) is 18.2 Å². The Labute approximate surface area is 181 Å². The maximum atomic E-state index is 13.9. The Morgan fingerprint density at radius 1 is 1.27 bits per heavy atom. The predicted molar refractivity (Wildman–Crippen MR) is 111 cm³/mol. The lowest BCUT2D eigenvalue weighted by molar-refractivity contribution is -0.147. The lowest BCUT2D eigenvalue weighted by atomic mass is 10.1. The predicted octanol–water partition coefficient (Wildman–Crippen LogP) is 2.74. The number of hydrogen-bond donors (Lipinski definition) is 1. The molecule has 0 heterocycles. The fraction of sp³-hybridized carbons (Fsp3) is 0.250. The topological polar surface area (TPSA) is 113 Å². The first-order chi connectivity index (χ1) is 14.1. The maximum absolute atomic E-state index is 13.9. The second kappa shape index (κ2) is 10.3. The second-order valence-corrected chi connectivity index (χ2v) is 9.56. The summed E-state index contributed by atoms with van der Waals surface area (Å²) < 4.78 is 42.5. The smallest absolute Gasteiger partial charge is 0.329 e. The molecule has 0 aliphatic carbocycles. The van der Waals surface area contributed by atoms with Gasteiger partial charge in [0.05, 0.1) is 22.9 Å². The number of benzene rings is 2. The van der Waals surface area contributed by atoms with Crippen molar-refractivity contribution < 1.29 is 27.1 Å².